The molecule has 0 saturated heterocycles. The van der Waals surface area contributed by atoms with E-state index < -0.39 is 17.3 Å². The second-order valence-electron chi connectivity index (χ2n) is 11.1. The molecule has 0 unspecified atom stereocenters. The quantitative estimate of drug-likeness (QED) is 0.263. The molecule has 0 fully saturated rings. The van der Waals surface area contributed by atoms with Crippen molar-refractivity contribution in [2.75, 3.05) is 30.4 Å². The monoisotopic (exact) mass is 571 g/mol. The van der Waals surface area contributed by atoms with Gasteiger partial charge < -0.3 is 14.1 Å². The molecule has 2 aromatic carbocycles. The third-order valence-corrected chi connectivity index (χ3v) is 6.59. The summed E-state index contributed by atoms with van der Waals surface area (Å²) in [4.78, 5) is 51.2. The number of aromatic nitrogens is 2. The first kappa shape index (κ1) is 30.2. The fourth-order valence-electron chi connectivity index (χ4n) is 4.46. The van der Waals surface area contributed by atoms with Crippen LogP contribution in [-0.4, -0.2) is 52.7 Å². The molecule has 4 rings (SSSR count). The van der Waals surface area contributed by atoms with E-state index in [4.69, 9.17) is 9.15 Å². The number of carbonyl (C=O) groups is 2. The number of pyridine rings is 1. The van der Waals surface area contributed by atoms with Crippen LogP contribution in [0.15, 0.2) is 76.1 Å². The molecule has 0 radical (unpaired) electrons. The summed E-state index contributed by atoms with van der Waals surface area (Å²) in [5.41, 5.74) is 1.93. The Hall–Kier alpha value is -4.73. The minimum Gasteiger partial charge on any atom is -0.444 e. The number of amides is 3. The predicted molar refractivity (Wildman–Crippen MR) is 163 cm³/mol. The molecule has 2 aromatic heterocycles. The van der Waals surface area contributed by atoms with Crippen molar-refractivity contribution in [3.05, 3.63) is 94.1 Å². The van der Waals surface area contributed by atoms with Gasteiger partial charge in [-0.3, -0.25) is 10.3 Å². The number of nitrogens with zero attached hydrogens (tertiary/aromatic N) is 4. The zero-order valence-electron chi connectivity index (χ0n) is 24.7. The van der Waals surface area contributed by atoms with Crippen molar-refractivity contribution in [2.45, 2.75) is 52.6 Å². The van der Waals surface area contributed by atoms with E-state index in [2.05, 4.69) is 15.3 Å². The van der Waals surface area contributed by atoms with Crippen LogP contribution in [0.3, 0.4) is 0 Å². The average molecular weight is 572 g/mol. The largest absolute Gasteiger partial charge is 0.444 e. The molecule has 10 nitrogen and oxygen atoms in total. The smallest absolute Gasteiger partial charge is 0.412 e. The number of hydrogen-bond acceptors (Lipinski definition) is 7. The molecule has 220 valence electrons. The number of benzene rings is 2. The minimum atomic E-state index is -0.675. The summed E-state index contributed by atoms with van der Waals surface area (Å²) >= 11 is 0. The maximum atomic E-state index is 13.7. The number of ether oxygens (including phenoxy) is 1. The number of likely N-dealkylation sites (N-methyl/N-ethyl adjacent to an activating group) is 1. The zero-order valence-corrected chi connectivity index (χ0v) is 24.7. The summed E-state index contributed by atoms with van der Waals surface area (Å²) in [5, 5.41) is 2.90. The molecular weight excluding hydrogens is 534 g/mol. The van der Waals surface area contributed by atoms with Crippen LogP contribution in [0.5, 0.6) is 0 Å². The van der Waals surface area contributed by atoms with Gasteiger partial charge in [0.2, 0.25) is 0 Å². The van der Waals surface area contributed by atoms with E-state index >= 15 is 0 Å². The van der Waals surface area contributed by atoms with Crippen molar-refractivity contribution in [2.24, 2.45) is 0 Å². The second-order valence-corrected chi connectivity index (χ2v) is 11.1. The van der Waals surface area contributed by atoms with Crippen molar-refractivity contribution in [1.82, 2.24) is 14.9 Å². The van der Waals surface area contributed by atoms with Crippen molar-refractivity contribution in [3.8, 4) is 0 Å². The van der Waals surface area contributed by atoms with Gasteiger partial charge in [-0.05, 0) is 75.9 Å². The Balaban J connectivity index is 1.60. The summed E-state index contributed by atoms with van der Waals surface area (Å²) in [7, 11) is 1.70. The summed E-state index contributed by atoms with van der Waals surface area (Å²) in [5.74, 6) is 0. The number of fused-ring (bicyclic) bond motifs is 1. The molecule has 0 aliphatic carbocycles. The molecular formula is C32H37N5O5. The highest BCUT2D eigenvalue weighted by Gasteiger charge is 2.25. The van der Waals surface area contributed by atoms with Crippen LogP contribution in [0.1, 0.15) is 44.0 Å². The van der Waals surface area contributed by atoms with Gasteiger partial charge in [0.15, 0.2) is 0 Å². The van der Waals surface area contributed by atoms with Gasteiger partial charge in [-0.15, -0.1) is 0 Å². The number of hydrogen-bond donors (Lipinski definition) is 1. The molecule has 0 bridgehead atoms. The fraction of sp³-hybridized carbons (Fsp3) is 0.344. The van der Waals surface area contributed by atoms with Gasteiger partial charge in [0.1, 0.15) is 5.60 Å². The Kier molecular flexibility index (Phi) is 9.57. The van der Waals surface area contributed by atoms with Crippen molar-refractivity contribution in [1.29, 1.82) is 0 Å². The first-order valence-electron chi connectivity index (χ1n) is 13.9. The van der Waals surface area contributed by atoms with Gasteiger partial charge in [-0.2, -0.15) is 4.98 Å². The normalized spacial score (nSPS) is 11.3. The van der Waals surface area contributed by atoms with E-state index in [0.29, 0.717) is 42.7 Å². The molecule has 42 heavy (non-hydrogen) atoms. The molecule has 1 N–H and O–H groups in total. The third-order valence-electron chi connectivity index (χ3n) is 6.59. The van der Waals surface area contributed by atoms with E-state index in [1.54, 1.807) is 58.0 Å². The molecule has 3 amide bonds. The Labute approximate surface area is 245 Å². The van der Waals surface area contributed by atoms with Gasteiger partial charge in [-0.25, -0.2) is 19.3 Å². The topological polar surface area (TPSA) is 118 Å². The molecule has 0 spiro atoms. The Morgan fingerprint density at radius 2 is 1.71 bits per heavy atom. The van der Waals surface area contributed by atoms with Crippen molar-refractivity contribution >= 4 is 34.7 Å². The van der Waals surface area contributed by atoms with Crippen LogP contribution < -0.4 is 15.8 Å². The van der Waals surface area contributed by atoms with E-state index in [1.165, 1.54) is 4.90 Å². The molecule has 0 saturated carbocycles. The number of urea groups is 1. The Morgan fingerprint density at radius 1 is 0.976 bits per heavy atom. The van der Waals surface area contributed by atoms with Gasteiger partial charge in [0.25, 0.3) is 0 Å². The second kappa shape index (κ2) is 13.3. The Morgan fingerprint density at radius 3 is 2.40 bits per heavy atom. The van der Waals surface area contributed by atoms with Crippen molar-refractivity contribution in [3.63, 3.8) is 0 Å². The Bertz CT molecular complexity index is 1580. The van der Waals surface area contributed by atoms with Crippen LogP contribution in [0.4, 0.5) is 21.3 Å². The van der Waals surface area contributed by atoms with Crippen LogP contribution >= 0.6 is 0 Å². The highest BCUT2D eigenvalue weighted by molar-refractivity contribution is 5.94. The number of aryl methyl sites for hydroxylation is 2. The maximum absolute atomic E-state index is 13.7. The van der Waals surface area contributed by atoms with Gasteiger partial charge >= 0.3 is 23.8 Å². The lowest BCUT2D eigenvalue weighted by molar-refractivity contribution is 0.0635. The number of carbonyl (C=O) groups excluding carboxylic acids is 2. The predicted octanol–water partition coefficient (Wildman–Crippen LogP) is 5.97. The first-order chi connectivity index (χ1) is 20.0. The van der Waals surface area contributed by atoms with Gasteiger partial charge in [0, 0.05) is 44.1 Å². The standard InChI is InChI=1S/C32H37N5O5/c1-22-25(35-30(39)42-32(2,3)4)16-17-26-27(22)28(38)41-29(34-26)37(20-11-14-23-12-7-6-8-13-23)31(40)36(5)21-18-24-15-9-10-19-33-24/h6-10,12-13,15-17,19H,11,14,18,20-21H2,1-5H3,(H,35,39). The molecule has 2 heterocycles. The number of rotatable bonds is 9. The first-order valence-corrected chi connectivity index (χ1v) is 13.9. The van der Waals surface area contributed by atoms with Crippen LogP contribution in [-0.2, 0) is 17.6 Å². The molecule has 0 aliphatic heterocycles. The SMILES string of the molecule is Cc1c(NC(=O)OC(C)(C)C)ccc2nc(N(CCCc3ccccc3)C(=O)N(C)CCc3ccccn3)oc(=O)c12. The van der Waals surface area contributed by atoms with Crippen molar-refractivity contribution < 1.29 is 18.7 Å². The minimum absolute atomic E-state index is 0.0810. The average Bonchev–Trinajstić information content (AvgIpc) is 2.95. The van der Waals surface area contributed by atoms with E-state index in [9.17, 15) is 14.4 Å². The lowest BCUT2D eigenvalue weighted by Gasteiger charge is -2.26. The zero-order chi connectivity index (χ0) is 30.3. The number of anilines is 2. The van der Waals surface area contributed by atoms with E-state index in [1.807, 2.05) is 48.5 Å². The lowest BCUT2D eigenvalue weighted by Crippen LogP contribution is -2.43. The molecule has 0 atom stereocenters. The molecule has 4 aromatic rings. The summed E-state index contributed by atoms with van der Waals surface area (Å²) in [6.45, 7) is 7.71. The van der Waals surface area contributed by atoms with Crippen LogP contribution in [0.2, 0.25) is 0 Å². The summed E-state index contributed by atoms with van der Waals surface area (Å²) in [6, 6.07) is 18.5. The fourth-order valence-corrected chi connectivity index (χ4v) is 4.46. The van der Waals surface area contributed by atoms with E-state index in [0.717, 1.165) is 17.7 Å². The lowest BCUT2D eigenvalue weighted by atomic mass is 10.1. The molecule has 0 aliphatic rings. The number of nitrogens with one attached hydrogen (secondary N) is 1. The van der Waals surface area contributed by atoms with Crippen LogP contribution in [0.25, 0.3) is 10.9 Å². The highest BCUT2D eigenvalue weighted by atomic mass is 16.6. The molecule has 10 heteroatoms. The summed E-state index contributed by atoms with van der Waals surface area (Å²) in [6.07, 6.45) is 3.02. The summed E-state index contributed by atoms with van der Waals surface area (Å²) < 4.78 is 11.0. The van der Waals surface area contributed by atoms with Crippen LogP contribution in [0, 0.1) is 6.92 Å². The van der Waals surface area contributed by atoms with Gasteiger partial charge in [0.05, 0.1) is 10.9 Å². The third kappa shape index (κ3) is 7.93. The van der Waals surface area contributed by atoms with E-state index in [-0.39, 0.29) is 17.4 Å². The highest BCUT2D eigenvalue weighted by Crippen LogP contribution is 2.25. The van der Waals surface area contributed by atoms with Gasteiger partial charge in [-0.1, -0.05) is 36.4 Å². The maximum Gasteiger partial charge on any atom is 0.412 e.